The Hall–Kier alpha value is -0.610. The van der Waals surface area contributed by atoms with Crippen molar-refractivity contribution in [2.75, 3.05) is 33.8 Å². The molecule has 1 saturated carbocycles. The van der Waals surface area contributed by atoms with Gasteiger partial charge in [-0.1, -0.05) is 6.92 Å². The maximum absolute atomic E-state index is 11.7. The van der Waals surface area contributed by atoms with Crippen LogP contribution in [0.15, 0.2) is 0 Å². The molecule has 0 heterocycles. The van der Waals surface area contributed by atoms with Gasteiger partial charge in [0.2, 0.25) is 0 Å². The minimum absolute atomic E-state index is 0.178. The lowest BCUT2D eigenvalue weighted by Gasteiger charge is -2.29. The monoisotopic (exact) mass is 242 g/mol. The highest BCUT2D eigenvalue weighted by molar-refractivity contribution is 5.80. The Kier molecular flexibility index (Phi) is 5.40. The predicted octanol–water partition coefficient (Wildman–Crippen LogP) is 1.26. The van der Waals surface area contributed by atoms with E-state index in [0.717, 1.165) is 25.4 Å². The highest BCUT2D eigenvalue weighted by Gasteiger charge is 2.33. The van der Waals surface area contributed by atoms with Crippen molar-refractivity contribution in [1.82, 2.24) is 10.2 Å². The molecule has 1 rings (SSSR count). The van der Waals surface area contributed by atoms with Gasteiger partial charge in [0.25, 0.3) is 0 Å². The summed E-state index contributed by atoms with van der Waals surface area (Å²) in [5.41, 5.74) is -0.564. The predicted molar refractivity (Wildman–Crippen MR) is 68.9 cm³/mol. The normalized spacial score (nSPS) is 19.1. The van der Waals surface area contributed by atoms with E-state index in [0.29, 0.717) is 0 Å². The number of methoxy groups -OCH3 is 1. The topological polar surface area (TPSA) is 41.6 Å². The average Bonchev–Trinajstić information content (AvgIpc) is 3.16. The summed E-state index contributed by atoms with van der Waals surface area (Å²) in [6.07, 6.45) is 3.53. The number of rotatable bonds is 8. The van der Waals surface area contributed by atoms with Crippen LogP contribution in [0, 0.1) is 5.92 Å². The molecule has 0 aromatic rings. The summed E-state index contributed by atoms with van der Waals surface area (Å²) in [5.74, 6) is 0.719. The molecule has 0 aromatic carbocycles. The fraction of sp³-hybridized carbons (Fsp3) is 0.923. The van der Waals surface area contributed by atoms with Crippen LogP contribution >= 0.6 is 0 Å². The number of esters is 1. The fourth-order valence-electron chi connectivity index (χ4n) is 1.98. The maximum atomic E-state index is 11.7. The van der Waals surface area contributed by atoms with E-state index in [1.54, 1.807) is 0 Å². The second kappa shape index (κ2) is 6.36. The van der Waals surface area contributed by atoms with Crippen molar-refractivity contribution in [3.8, 4) is 0 Å². The molecule has 4 nitrogen and oxygen atoms in total. The lowest BCUT2D eigenvalue weighted by Crippen LogP contribution is -2.50. The summed E-state index contributed by atoms with van der Waals surface area (Å²) >= 11 is 0. The highest BCUT2D eigenvalue weighted by Crippen LogP contribution is 2.29. The molecule has 0 aromatic heterocycles. The van der Waals surface area contributed by atoms with Crippen molar-refractivity contribution in [1.29, 1.82) is 0 Å². The van der Waals surface area contributed by atoms with Crippen LogP contribution in [-0.4, -0.2) is 50.2 Å². The van der Waals surface area contributed by atoms with E-state index >= 15 is 0 Å². The molecule has 1 N–H and O–H groups in total. The van der Waals surface area contributed by atoms with E-state index in [1.807, 2.05) is 14.0 Å². The van der Waals surface area contributed by atoms with Crippen LogP contribution in [0.3, 0.4) is 0 Å². The van der Waals surface area contributed by atoms with Gasteiger partial charge in [0.1, 0.15) is 5.54 Å². The molecule has 0 aliphatic heterocycles. The Morgan fingerprint density at radius 3 is 2.59 bits per heavy atom. The van der Waals surface area contributed by atoms with E-state index in [1.165, 1.54) is 26.5 Å². The Balaban J connectivity index is 2.41. The molecule has 1 aliphatic rings. The minimum atomic E-state index is -0.564. The first kappa shape index (κ1) is 14.5. The van der Waals surface area contributed by atoms with Gasteiger partial charge in [-0.25, -0.2) is 0 Å². The van der Waals surface area contributed by atoms with E-state index < -0.39 is 5.54 Å². The van der Waals surface area contributed by atoms with Crippen LogP contribution in [0.4, 0.5) is 0 Å². The number of nitrogens with one attached hydrogen (secondary N) is 1. The molecule has 1 aliphatic carbocycles. The number of hydrogen-bond donors (Lipinski definition) is 1. The second-order valence-corrected chi connectivity index (χ2v) is 5.16. The zero-order valence-corrected chi connectivity index (χ0v) is 11.6. The number of nitrogens with zero attached hydrogens (tertiary/aromatic N) is 1. The SMILES string of the molecule is CCN(CCC(C)(NC)C(=O)OC)CC1CC1. The van der Waals surface area contributed by atoms with Crippen molar-refractivity contribution in [2.45, 2.75) is 38.6 Å². The molecule has 0 bridgehead atoms. The maximum Gasteiger partial charge on any atom is 0.325 e. The Bertz CT molecular complexity index is 254. The summed E-state index contributed by atoms with van der Waals surface area (Å²) in [6.45, 7) is 7.26. The van der Waals surface area contributed by atoms with Gasteiger partial charge in [-0.3, -0.25) is 4.79 Å². The van der Waals surface area contributed by atoms with Crippen molar-refractivity contribution >= 4 is 5.97 Å². The first-order chi connectivity index (χ1) is 8.05. The quantitative estimate of drug-likeness (QED) is 0.651. The van der Waals surface area contributed by atoms with Crippen LogP contribution in [0.1, 0.15) is 33.1 Å². The molecule has 1 fully saturated rings. The summed E-state index contributed by atoms with van der Waals surface area (Å²) in [4.78, 5) is 14.1. The smallest absolute Gasteiger partial charge is 0.325 e. The lowest BCUT2D eigenvalue weighted by molar-refractivity contribution is -0.148. The van der Waals surface area contributed by atoms with E-state index in [4.69, 9.17) is 4.74 Å². The fourth-order valence-corrected chi connectivity index (χ4v) is 1.98. The number of likely N-dealkylation sites (N-methyl/N-ethyl adjacent to an activating group) is 1. The van der Waals surface area contributed by atoms with Crippen molar-refractivity contribution in [3.05, 3.63) is 0 Å². The van der Waals surface area contributed by atoms with Gasteiger partial charge < -0.3 is 15.0 Å². The van der Waals surface area contributed by atoms with Gasteiger partial charge in [0.15, 0.2) is 0 Å². The number of carbonyl (C=O) groups excluding carboxylic acids is 1. The van der Waals surface area contributed by atoms with Crippen molar-refractivity contribution in [2.24, 2.45) is 5.92 Å². The second-order valence-electron chi connectivity index (χ2n) is 5.16. The first-order valence-corrected chi connectivity index (χ1v) is 6.55. The molecule has 17 heavy (non-hydrogen) atoms. The van der Waals surface area contributed by atoms with Gasteiger partial charge in [-0.05, 0) is 45.7 Å². The minimum Gasteiger partial charge on any atom is -0.468 e. The van der Waals surface area contributed by atoms with E-state index in [-0.39, 0.29) is 5.97 Å². The average molecular weight is 242 g/mol. The van der Waals surface area contributed by atoms with Crippen LogP contribution in [0.25, 0.3) is 0 Å². The van der Waals surface area contributed by atoms with Gasteiger partial charge >= 0.3 is 5.97 Å². The standard InChI is InChI=1S/C13H26N2O2/c1-5-15(10-11-6-7-11)9-8-13(2,14-3)12(16)17-4/h11,14H,5-10H2,1-4H3. The van der Waals surface area contributed by atoms with Gasteiger partial charge in [-0.2, -0.15) is 0 Å². The molecule has 1 atom stereocenters. The number of ether oxygens (including phenoxy) is 1. The lowest BCUT2D eigenvalue weighted by atomic mass is 9.98. The van der Waals surface area contributed by atoms with Crippen LogP contribution in [0.5, 0.6) is 0 Å². The molecule has 0 saturated heterocycles. The Morgan fingerprint density at radius 1 is 1.53 bits per heavy atom. The molecular weight excluding hydrogens is 216 g/mol. The third kappa shape index (κ3) is 4.28. The largest absolute Gasteiger partial charge is 0.468 e. The molecule has 0 spiro atoms. The molecule has 4 heteroatoms. The van der Waals surface area contributed by atoms with Crippen molar-refractivity contribution < 1.29 is 9.53 Å². The molecule has 100 valence electrons. The third-order valence-corrected chi connectivity index (χ3v) is 3.78. The van der Waals surface area contributed by atoms with Gasteiger partial charge in [-0.15, -0.1) is 0 Å². The summed E-state index contributed by atoms with van der Waals surface area (Å²) in [7, 11) is 3.26. The van der Waals surface area contributed by atoms with Crippen molar-refractivity contribution in [3.63, 3.8) is 0 Å². The first-order valence-electron chi connectivity index (χ1n) is 6.55. The Morgan fingerprint density at radius 2 is 2.18 bits per heavy atom. The zero-order chi connectivity index (χ0) is 12.9. The zero-order valence-electron chi connectivity index (χ0n) is 11.6. The summed E-state index contributed by atoms with van der Waals surface area (Å²) in [6, 6.07) is 0. The van der Waals surface area contributed by atoms with Crippen LogP contribution < -0.4 is 5.32 Å². The molecule has 1 unspecified atom stereocenters. The highest BCUT2D eigenvalue weighted by atomic mass is 16.5. The van der Waals surface area contributed by atoms with E-state index in [9.17, 15) is 4.79 Å². The van der Waals surface area contributed by atoms with Gasteiger partial charge in [0, 0.05) is 13.1 Å². The molecule has 0 amide bonds. The number of hydrogen-bond acceptors (Lipinski definition) is 4. The van der Waals surface area contributed by atoms with Crippen LogP contribution in [0.2, 0.25) is 0 Å². The number of carbonyl (C=O) groups is 1. The van der Waals surface area contributed by atoms with Gasteiger partial charge in [0.05, 0.1) is 7.11 Å². The Labute approximate surface area is 105 Å². The van der Waals surface area contributed by atoms with E-state index in [2.05, 4.69) is 17.1 Å². The third-order valence-electron chi connectivity index (χ3n) is 3.78. The summed E-state index contributed by atoms with van der Waals surface area (Å²) < 4.78 is 4.85. The summed E-state index contributed by atoms with van der Waals surface area (Å²) in [5, 5.41) is 3.08. The molecule has 0 radical (unpaired) electrons. The molecular formula is C13H26N2O2. The van der Waals surface area contributed by atoms with Crippen LogP contribution in [-0.2, 0) is 9.53 Å².